The molecule has 1 nitrogen and oxygen atoms in total. The van der Waals surface area contributed by atoms with Gasteiger partial charge in [0.1, 0.15) is 0 Å². The lowest BCUT2D eigenvalue weighted by atomic mass is 9.98. The van der Waals surface area contributed by atoms with Gasteiger partial charge >= 0.3 is 0 Å². The van der Waals surface area contributed by atoms with Crippen LogP contribution in [0.1, 0.15) is 25.3 Å². The highest BCUT2D eigenvalue weighted by atomic mass is 79.9. The Hall–Kier alpha value is -0.340. The molecule has 0 amide bonds. The summed E-state index contributed by atoms with van der Waals surface area (Å²) in [6, 6.07) is 10.8. The van der Waals surface area contributed by atoms with Crippen molar-refractivity contribution in [2.45, 2.75) is 31.0 Å². The van der Waals surface area contributed by atoms with Crippen LogP contribution in [0.4, 0.5) is 0 Å². The molecule has 1 heterocycles. The van der Waals surface area contributed by atoms with Crippen molar-refractivity contribution < 1.29 is 0 Å². The van der Waals surface area contributed by atoms with E-state index in [-0.39, 0.29) is 0 Å². The number of hydrogen-bond acceptors (Lipinski definition) is 1. The van der Waals surface area contributed by atoms with Crippen LogP contribution in [0.5, 0.6) is 0 Å². The van der Waals surface area contributed by atoms with Crippen LogP contribution in [0.3, 0.4) is 0 Å². The van der Waals surface area contributed by atoms with Gasteiger partial charge in [0.15, 0.2) is 0 Å². The van der Waals surface area contributed by atoms with Crippen LogP contribution in [0.2, 0.25) is 0 Å². The van der Waals surface area contributed by atoms with Gasteiger partial charge in [-0.3, -0.25) is 0 Å². The number of halogens is 1. The lowest BCUT2D eigenvalue weighted by molar-refractivity contribution is 0.199. The van der Waals surface area contributed by atoms with Crippen molar-refractivity contribution in [1.82, 2.24) is 4.90 Å². The summed E-state index contributed by atoms with van der Waals surface area (Å²) in [5.41, 5.74) is 1.47. The van der Waals surface area contributed by atoms with E-state index < -0.39 is 0 Å². The maximum atomic E-state index is 3.79. The number of benzene rings is 1. The molecule has 17 heavy (non-hydrogen) atoms. The van der Waals surface area contributed by atoms with E-state index in [1.807, 2.05) is 0 Å². The first-order valence-corrected chi connectivity index (χ1v) is 7.57. The molecule has 0 aromatic heterocycles. The molecule has 1 aliphatic heterocycles. The van der Waals surface area contributed by atoms with Gasteiger partial charge in [0.2, 0.25) is 0 Å². The second-order valence-electron chi connectivity index (χ2n) is 5.17. The summed E-state index contributed by atoms with van der Waals surface area (Å²) in [5, 5.41) is 0. The Morgan fingerprint density at radius 1 is 1.29 bits per heavy atom. The molecule has 0 aliphatic carbocycles. The standard InChI is InChI=1S/C15H22BrN/c1-13-9-11-17(12-15(13)16)10-5-8-14-6-3-2-4-7-14/h2-4,6-7,13,15H,5,8-12H2,1H3. The first-order chi connectivity index (χ1) is 8.25. The van der Waals surface area contributed by atoms with Crippen molar-refractivity contribution >= 4 is 15.9 Å². The number of nitrogens with zero attached hydrogens (tertiary/aromatic N) is 1. The second-order valence-corrected chi connectivity index (χ2v) is 6.35. The van der Waals surface area contributed by atoms with Gasteiger partial charge in [-0.15, -0.1) is 0 Å². The predicted molar refractivity (Wildman–Crippen MR) is 77.7 cm³/mol. The average molecular weight is 296 g/mol. The quantitative estimate of drug-likeness (QED) is 0.765. The summed E-state index contributed by atoms with van der Waals surface area (Å²) in [5.74, 6) is 0.834. The summed E-state index contributed by atoms with van der Waals surface area (Å²) in [4.78, 5) is 3.29. The van der Waals surface area contributed by atoms with Crippen LogP contribution in [-0.2, 0) is 6.42 Å². The lowest BCUT2D eigenvalue weighted by Gasteiger charge is -2.34. The topological polar surface area (TPSA) is 3.24 Å². The molecule has 0 N–H and O–H groups in total. The van der Waals surface area contributed by atoms with Crippen LogP contribution < -0.4 is 0 Å². The molecule has 2 unspecified atom stereocenters. The maximum Gasteiger partial charge on any atom is 0.0299 e. The summed E-state index contributed by atoms with van der Waals surface area (Å²) >= 11 is 3.79. The molecule has 0 spiro atoms. The van der Waals surface area contributed by atoms with E-state index in [2.05, 4.69) is 58.1 Å². The molecule has 1 fully saturated rings. The minimum Gasteiger partial charge on any atom is -0.302 e. The third-order valence-corrected chi connectivity index (χ3v) is 4.93. The van der Waals surface area contributed by atoms with Gasteiger partial charge in [-0.1, -0.05) is 53.2 Å². The number of likely N-dealkylation sites (tertiary alicyclic amines) is 1. The van der Waals surface area contributed by atoms with Gasteiger partial charge < -0.3 is 4.90 Å². The van der Waals surface area contributed by atoms with E-state index in [1.165, 1.54) is 44.5 Å². The molecule has 2 heteroatoms. The van der Waals surface area contributed by atoms with Crippen LogP contribution in [0.15, 0.2) is 30.3 Å². The SMILES string of the molecule is CC1CCN(CCCc2ccccc2)CC1Br. The summed E-state index contributed by atoms with van der Waals surface area (Å²) in [6.45, 7) is 6.08. The molecule has 0 saturated carbocycles. The minimum absolute atomic E-state index is 0.688. The molecule has 1 aliphatic rings. The van der Waals surface area contributed by atoms with E-state index in [4.69, 9.17) is 0 Å². The molecular weight excluding hydrogens is 274 g/mol. The predicted octanol–water partition coefficient (Wildman–Crippen LogP) is 3.72. The monoisotopic (exact) mass is 295 g/mol. The smallest absolute Gasteiger partial charge is 0.0299 e. The number of aryl methyl sites for hydroxylation is 1. The fourth-order valence-electron chi connectivity index (χ4n) is 2.44. The van der Waals surface area contributed by atoms with Crippen molar-refractivity contribution in [3.63, 3.8) is 0 Å². The van der Waals surface area contributed by atoms with Gasteiger partial charge in [0.25, 0.3) is 0 Å². The third kappa shape index (κ3) is 4.11. The third-order valence-electron chi connectivity index (χ3n) is 3.73. The van der Waals surface area contributed by atoms with Crippen molar-refractivity contribution in [3.8, 4) is 0 Å². The van der Waals surface area contributed by atoms with E-state index in [9.17, 15) is 0 Å². The van der Waals surface area contributed by atoms with Gasteiger partial charge in [-0.2, -0.15) is 0 Å². The zero-order valence-corrected chi connectivity index (χ0v) is 12.2. The van der Waals surface area contributed by atoms with Crippen LogP contribution in [0.25, 0.3) is 0 Å². The minimum atomic E-state index is 0.688. The molecule has 1 aromatic rings. The van der Waals surface area contributed by atoms with Crippen LogP contribution in [0, 0.1) is 5.92 Å². The summed E-state index contributed by atoms with van der Waals surface area (Å²) in [6.07, 6.45) is 3.82. The fraction of sp³-hybridized carbons (Fsp3) is 0.600. The van der Waals surface area contributed by atoms with Gasteiger partial charge in [-0.25, -0.2) is 0 Å². The molecule has 0 radical (unpaired) electrons. The van der Waals surface area contributed by atoms with Gasteiger partial charge in [-0.05, 0) is 43.8 Å². The Bertz CT molecular complexity index is 325. The Balaban J connectivity index is 1.69. The van der Waals surface area contributed by atoms with Gasteiger partial charge in [0, 0.05) is 11.4 Å². The summed E-state index contributed by atoms with van der Waals surface area (Å²) in [7, 11) is 0. The largest absolute Gasteiger partial charge is 0.302 e. The highest BCUT2D eigenvalue weighted by Crippen LogP contribution is 2.23. The van der Waals surface area contributed by atoms with Crippen molar-refractivity contribution in [2.75, 3.05) is 19.6 Å². The molecule has 94 valence electrons. The fourth-order valence-corrected chi connectivity index (χ4v) is 3.11. The number of alkyl halides is 1. The molecule has 2 rings (SSSR count). The normalized spacial score (nSPS) is 26.0. The molecule has 1 saturated heterocycles. The van der Waals surface area contributed by atoms with Crippen LogP contribution in [-0.4, -0.2) is 29.4 Å². The van der Waals surface area contributed by atoms with E-state index in [0.29, 0.717) is 4.83 Å². The Morgan fingerprint density at radius 2 is 2.06 bits per heavy atom. The highest BCUT2D eigenvalue weighted by Gasteiger charge is 2.23. The zero-order valence-electron chi connectivity index (χ0n) is 10.6. The molecular formula is C15H22BrN. The molecule has 0 bridgehead atoms. The highest BCUT2D eigenvalue weighted by molar-refractivity contribution is 9.09. The number of rotatable bonds is 4. The lowest BCUT2D eigenvalue weighted by Crippen LogP contribution is -2.40. The van der Waals surface area contributed by atoms with Crippen molar-refractivity contribution in [3.05, 3.63) is 35.9 Å². The first kappa shape index (κ1) is 13.1. The number of piperidine rings is 1. The van der Waals surface area contributed by atoms with Crippen LogP contribution >= 0.6 is 15.9 Å². The summed E-state index contributed by atoms with van der Waals surface area (Å²) < 4.78 is 0. The number of hydrogen-bond donors (Lipinski definition) is 0. The van der Waals surface area contributed by atoms with Gasteiger partial charge in [0.05, 0.1) is 0 Å². The average Bonchev–Trinajstić information content (AvgIpc) is 2.35. The Kier molecular flexibility index (Phi) is 5.05. The van der Waals surface area contributed by atoms with E-state index >= 15 is 0 Å². The Morgan fingerprint density at radius 3 is 2.76 bits per heavy atom. The van der Waals surface area contributed by atoms with E-state index in [1.54, 1.807) is 0 Å². The van der Waals surface area contributed by atoms with E-state index in [0.717, 1.165) is 5.92 Å². The van der Waals surface area contributed by atoms with Crippen molar-refractivity contribution in [1.29, 1.82) is 0 Å². The maximum absolute atomic E-state index is 3.79. The zero-order chi connectivity index (χ0) is 12.1. The van der Waals surface area contributed by atoms with Crippen molar-refractivity contribution in [2.24, 2.45) is 5.92 Å². The second kappa shape index (κ2) is 6.55. The Labute approximate surface area is 113 Å². The molecule has 1 aromatic carbocycles. The molecule has 2 atom stereocenters. The first-order valence-electron chi connectivity index (χ1n) is 6.66.